The molecule has 2 aromatic carbocycles. The van der Waals surface area contributed by atoms with Crippen molar-refractivity contribution in [3.8, 4) is 5.75 Å². The average Bonchev–Trinajstić information content (AvgIpc) is 3.27. The number of aromatic hydroxyl groups is 1. The van der Waals surface area contributed by atoms with Crippen LogP contribution in [0.25, 0.3) is 0 Å². The smallest absolute Gasteiger partial charge is 0.269 e. The third-order valence-electron chi connectivity index (χ3n) is 4.81. The average molecular weight is 470 g/mol. The molecule has 0 atom stereocenters. The van der Waals surface area contributed by atoms with E-state index in [0.717, 1.165) is 23.5 Å². The molecule has 32 heavy (non-hydrogen) atoms. The van der Waals surface area contributed by atoms with Gasteiger partial charge in [0.15, 0.2) is 0 Å². The molecule has 8 nitrogen and oxygen atoms in total. The molecule has 0 amide bonds. The summed E-state index contributed by atoms with van der Waals surface area (Å²) in [5.41, 5.74) is 4.03. The molecule has 0 aliphatic heterocycles. The summed E-state index contributed by atoms with van der Waals surface area (Å²) in [5.74, 6) is 0.0992. The third kappa shape index (κ3) is 6.44. The van der Waals surface area contributed by atoms with Crippen LogP contribution >= 0.6 is 24.0 Å². The molecule has 0 spiro atoms. The van der Waals surface area contributed by atoms with E-state index in [0.29, 0.717) is 30.0 Å². The fourth-order valence-corrected chi connectivity index (χ4v) is 3.88. The Hall–Kier alpha value is -3.11. The topological polar surface area (TPSA) is 112 Å². The van der Waals surface area contributed by atoms with E-state index in [1.807, 2.05) is 6.26 Å². The van der Waals surface area contributed by atoms with Gasteiger partial charge in [-0.25, -0.2) is 0 Å². The van der Waals surface area contributed by atoms with Gasteiger partial charge in [0.1, 0.15) is 5.75 Å². The molecular weight excluding hydrogens is 446 g/mol. The third-order valence-corrected chi connectivity index (χ3v) is 6.18. The quantitative estimate of drug-likeness (QED) is 0.119. The maximum atomic E-state index is 10.7. The van der Waals surface area contributed by atoms with Crippen molar-refractivity contribution in [2.45, 2.75) is 19.3 Å². The summed E-state index contributed by atoms with van der Waals surface area (Å²) in [6.07, 6.45) is 6.78. The number of phenols is 1. The van der Waals surface area contributed by atoms with Crippen LogP contribution in [0.5, 0.6) is 5.75 Å². The van der Waals surface area contributed by atoms with Crippen molar-refractivity contribution < 1.29 is 10.0 Å². The summed E-state index contributed by atoms with van der Waals surface area (Å²) < 4.78 is 0.957. The molecular formula is C22H23N5O3S2. The second-order valence-corrected chi connectivity index (χ2v) is 8.46. The van der Waals surface area contributed by atoms with Gasteiger partial charge in [0.2, 0.25) is 0 Å². The van der Waals surface area contributed by atoms with Crippen LogP contribution in [-0.4, -0.2) is 39.8 Å². The van der Waals surface area contributed by atoms with E-state index in [-0.39, 0.29) is 11.4 Å². The molecule has 0 saturated heterocycles. The standard InChI is InChI=1S/C22H23N5O3S2/c1-32-22(31)19-3-2-4-20(19)24-12-11-23-14-15-13-17(7-10-21(15)28)26-25-16-5-8-18(9-6-16)27(29)30/h5-10,13-14,24,28H,2-4,11-12H2,1H3. The van der Waals surface area contributed by atoms with Crippen LogP contribution in [0.3, 0.4) is 0 Å². The Labute approximate surface area is 195 Å². The highest BCUT2D eigenvalue weighted by atomic mass is 32.2. The molecule has 0 aromatic heterocycles. The summed E-state index contributed by atoms with van der Waals surface area (Å²) in [6.45, 7) is 1.24. The van der Waals surface area contributed by atoms with Gasteiger partial charge >= 0.3 is 0 Å². The molecule has 0 radical (unpaired) electrons. The van der Waals surface area contributed by atoms with E-state index in [9.17, 15) is 15.2 Å². The minimum absolute atomic E-state index is 0.00557. The van der Waals surface area contributed by atoms with Crippen LogP contribution in [0.15, 0.2) is 69.0 Å². The molecule has 1 aliphatic carbocycles. The van der Waals surface area contributed by atoms with Gasteiger partial charge in [-0.15, -0.1) is 11.8 Å². The van der Waals surface area contributed by atoms with Crippen LogP contribution in [-0.2, 0) is 0 Å². The van der Waals surface area contributed by atoms with Gasteiger partial charge in [0.05, 0.1) is 27.0 Å². The molecule has 2 aromatic rings. The first-order chi connectivity index (χ1) is 15.5. The zero-order valence-electron chi connectivity index (χ0n) is 17.5. The first kappa shape index (κ1) is 23.6. The highest BCUT2D eigenvalue weighted by Crippen LogP contribution is 2.28. The molecule has 0 fully saturated rings. The van der Waals surface area contributed by atoms with E-state index in [1.54, 1.807) is 30.1 Å². The molecule has 0 saturated carbocycles. The lowest BCUT2D eigenvalue weighted by molar-refractivity contribution is -0.384. The lowest BCUT2D eigenvalue weighted by Gasteiger charge is -2.09. The predicted molar refractivity (Wildman–Crippen MR) is 133 cm³/mol. The van der Waals surface area contributed by atoms with Gasteiger partial charge in [-0.2, -0.15) is 10.2 Å². The fourth-order valence-electron chi connectivity index (χ4n) is 3.19. The van der Waals surface area contributed by atoms with Crippen molar-refractivity contribution in [1.29, 1.82) is 0 Å². The van der Waals surface area contributed by atoms with E-state index in [1.165, 1.54) is 41.6 Å². The summed E-state index contributed by atoms with van der Waals surface area (Å²) in [6, 6.07) is 10.6. The molecule has 2 N–H and O–H groups in total. The zero-order chi connectivity index (χ0) is 22.9. The lowest BCUT2D eigenvalue weighted by Crippen LogP contribution is -2.18. The van der Waals surface area contributed by atoms with Crippen LogP contribution in [0.1, 0.15) is 24.8 Å². The number of nitro groups is 1. The normalized spacial score (nSPS) is 13.9. The molecule has 1 aliphatic rings. The van der Waals surface area contributed by atoms with Crippen molar-refractivity contribution in [3.05, 3.63) is 69.4 Å². The first-order valence-corrected chi connectivity index (χ1v) is 11.6. The van der Waals surface area contributed by atoms with Gasteiger partial charge in [-0.1, -0.05) is 12.2 Å². The first-order valence-electron chi connectivity index (χ1n) is 10.0. The number of benzene rings is 2. The molecule has 0 bridgehead atoms. The van der Waals surface area contributed by atoms with Gasteiger partial charge < -0.3 is 10.4 Å². The Bertz CT molecular complexity index is 1080. The van der Waals surface area contributed by atoms with E-state index in [4.69, 9.17) is 12.2 Å². The maximum absolute atomic E-state index is 10.7. The summed E-state index contributed by atoms with van der Waals surface area (Å²) in [5, 5.41) is 32.4. The summed E-state index contributed by atoms with van der Waals surface area (Å²) in [4.78, 5) is 14.6. The van der Waals surface area contributed by atoms with Gasteiger partial charge in [-0.3, -0.25) is 15.1 Å². The SMILES string of the molecule is CSC(=S)C1=C(NCCN=Cc2cc(N=Nc3ccc([N+](=O)[O-])cc3)ccc2O)CCC1. The van der Waals surface area contributed by atoms with E-state index >= 15 is 0 Å². The minimum atomic E-state index is -0.468. The summed E-state index contributed by atoms with van der Waals surface area (Å²) >= 11 is 7.02. The number of rotatable bonds is 9. The van der Waals surface area contributed by atoms with E-state index in [2.05, 4.69) is 20.5 Å². The zero-order valence-corrected chi connectivity index (χ0v) is 19.2. The molecule has 166 valence electrons. The number of phenolic OH excluding ortho intramolecular Hbond substituents is 1. The highest BCUT2D eigenvalue weighted by Gasteiger charge is 2.17. The van der Waals surface area contributed by atoms with E-state index < -0.39 is 4.92 Å². The number of thiocarbonyl (C=S) groups is 1. The highest BCUT2D eigenvalue weighted by molar-refractivity contribution is 8.23. The molecule has 10 heteroatoms. The Kier molecular flexibility index (Phi) is 8.46. The largest absolute Gasteiger partial charge is 0.507 e. The number of thioether (sulfide) groups is 1. The summed E-state index contributed by atoms with van der Waals surface area (Å²) in [7, 11) is 0. The van der Waals surface area contributed by atoms with Crippen LogP contribution in [0.4, 0.5) is 17.1 Å². The van der Waals surface area contributed by atoms with Crippen molar-refractivity contribution >= 4 is 51.5 Å². The van der Waals surface area contributed by atoms with Crippen LogP contribution < -0.4 is 5.32 Å². The van der Waals surface area contributed by atoms with Crippen molar-refractivity contribution in [3.63, 3.8) is 0 Å². The number of nitrogens with zero attached hydrogens (tertiary/aromatic N) is 4. The fraction of sp³-hybridized carbons (Fsp3) is 0.273. The molecule has 0 unspecified atom stereocenters. The number of nitro benzene ring substituents is 1. The van der Waals surface area contributed by atoms with Crippen molar-refractivity contribution in [1.82, 2.24) is 5.32 Å². The van der Waals surface area contributed by atoms with Crippen LogP contribution in [0.2, 0.25) is 0 Å². The number of nitrogens with one attached hydrogen (secondary N) is 1. The second-order valence-electron chi connectivity index (χ2n) is 6.98. The Morgan fingerprint density at radius 3 is 2.66 bits per heavy atom. The van der Waals surface area contributed by atoms with Gasteiger partial charge in [-0.05, 0) is 61.4 Å². The lowest BCUT2D eigenvalue weighted by atomic mass is 10.2. The number of aliphatic imine (C=N–C) groups is 1. The Morgan fingerprint density at radius 1 is 1.22 bits per heavy atom. The van der Waals surface area contributed by atoms with Crippen LogP contribution in [0, 0.1) is 10.1 Å². The second kappa shape index (κ2) is 11.5. The number of hydrogen-bond donors (Lipinski definition) is 2. The molecule has 0 heterocycles. The maximum Gasteiger partial charge on any atom is 0.269 e. The predicted octanol–water partition coefficient (Wildman–Crippen LogP) is 5.85. The number of allylic oxidation sites excluding steroid dienone is 1. The molecule has 3 rings (SSSR count). The Balaban J connectivity index is 1.57. The minimum Gasteiger partial charge on any atom is -0.507 e. The number of azo groups is 1. The number of hydrogen-bond acceptors (Lipinski definition) is 9. The van der Waals surface area contributed by atoms with Crippen molar-refractivity contribution in [2.75, 3.05) is 19.3 Å². The van der Waals surface area contributed by atoms with Gasteiger partial charge in [0, 0.05) is 36.2 Å². The number of non-ortho nitro benzene ring substituents is 1. The van der Waals surface area contributed by atoms with Gasteiger partial charge in [0.25, 0.3) is 5.69 Å². The monoisotopic (exact) mass is 469 g/mol. The van der Waals surface area contributed by atoms with Crippen molar-refractivity contribution in [2.24, 2.45) is 15.2 Å². The Morgan fingerprint density at radius 2 is 1.94 bits per heavy atom.